The number of rotatable bonds is 5. The van der Waals surface area contributed by atoms with Crippen LogP contribution in [0.3, 0.4) is 0 Å². The summed E-state index contributed by atoms with van der Waals surface area (Å²) in [5.41, 5.74) is 9.52. The molecule has 0 radical (unpaired) electrons. The quantitative estimate of drug-likeness (QED) is 0.466. The van der Waals surface area contributed by atoms with Gasteiger partial charge >= 0.3 is 6.09 Å². The van der Waals surface area contributed by atoms with E-state index in [0.717, 1.165) is 49.5 Å². The van der Waals surface area contributed by atoms with E-state index in [-0.39, 0.29) is 24.0 Å². The second kappa shape index (κ2) is 8.73. The molecule has 0 spiro atoms. The molecule has 0 unspecified atom stereocenters. The Kier molecular flexibility index (Phi) is 5.53. The van der Waals surface area contributed by atoms with Crippen LogP contribution in [0.4, 0.5) is 16.2 Å². The summed E-state index contributed by atoms with van der Waals surface area (Å²) < 4.78 is 5.46. The van der Waals surface area contributed by atoms with Crippen molar-refractivity contribution in [3.63, 3.8) is 0 Å². The first-order valence-electron chi connectivity index (χ1n) is 12.0. The Bertz CT molecular complexity index is 1280. The van der Waals surface area contributed by atoms with Crippen LogP contribution in [0.25, 0.3) is 22.6 Å². The number of aromatic amines is 1. The molecule has 10 heteroatoms. The lowest BCUT2D eigenvalue weighted by molar-refractivity contribution is 0.0854. The van der Waals surface area contributed by atoms with Crippen molar-refractivity contribution in [1.82, 2.24) is 19.9 Å². The van der Waals surface area contributed by atoms with E-state index >= 15 is 0 Å². The molecule has 3 aliphatic rings. The van der Waals surface area contributed by atoms with Crippen LogP contribution in [0.15, 0.2) is 42.6 Å². The molecule has 2 bridgehead atoms. The van der Waals surface area contributed by atoms with Crippen molar-refractivity contribution in [3.8, 4) is 11.4 Å². The Labute approximate surface area is 208 Å². The number of hydrogen-bond donors (Lipinski definition) is 3. The van der Waals surface area contributed by atoms with Crippen molar-refractivity contribution in [2.45, 2.75) is 18.6 Å². The average Bonchev–Trinajstić information content (AvgIpc) is 3.57. The number of pyridine rings is 1. The number of H-pyrrole nitrogens is 1. The first kappa shape index (κ1) is 22.2. The molecule has 6 rings (SSSR count). The molecule has 3 heterocycles. The molecule has 2 aliphatic carbocycles. The van der Waals surface area contributed by atoms with Crippen LogP contribution >= 0.6 is 11.6 Å². The number of halogens is 1. The number of fused-ring (bicyclic) bond motifs is 3. The number of piperazine rings is 1. The zero-order valence-corrected chi connectivity index (χ0v) is 20.2. The van der Waals surface area contributed by atoms with Gasteiger partial charge in [0.25, 0.3) is 0 Å². The second-order valence-corrected chi connectivity index (χ2v) is 10.0. The Morgan fingerprint density at radius 3 is 2.66 bits per heavy atom. The number of benzene rings is 1. The highest BCUT2D eigenvalue weighted by Crippen LogP contribution is 2.44. The standard InChI is InChI=1S/C25H28ClN7O2/c1-32-8-10-33(11-9-32)17-6-4-14(5-7-17)23-30-21-20(18(26)13-28-24(21)31-23)29-19-15-2-3-16(12-15)22(19)35-25(27)34/h2-7,13,15-16,19,22H,8-12H2,1H3,(H2,27,34)(H2,28,29,30,31)/t15-,16+,19+,22-/m0/s1. The lowest BCUT2D eigenvalue weighted by Gasteiger charge is -2.34. The number of likely N-dealkylation sites (N-methyl/N-ethyl adjacent to an activating group) is 1. The number of hydrogen-bond acceptors (Lipinski definition) is 7. The third-order valence-corrected chi connectivity index (χ3v) is 7.72. The van der Waals surface area contributed by atoms with Crippen molar-refractivity contribution in [1.29, 1.82) is 0 Å². The van der Waals surface area contributed by atoms with E-state index in [9.17, 15) is 4.79 Å². The summed E-state index contributed by atoms with van der Waals surface area (Å²) in [7, 11) is 2.16. The van der Waals surface area contributed by atoms with Crippen molar-refractivity contribution >= 4 is 40.2 Å². The molecule has 1 saturated carbocycles. The fraction of sp³-hybridized carbons (Fsp3) is 0.400. The molecule has 4 N–H and O–H groups in total. The predicted octanol–water partition coefficient (Wildman–Crippen LogP) is 3.48. The molecule has 1 aliphatic heterocycles. The van der Waals surface area contributed by atoms with Crippen LogP contribution in [0, 0.1) is 11.8 Å². The maximum Gasteiger partial charge on any atom is 0.404 e. The number of nitrogens with zero attached hydrogens (tertiary/aromatic N) is 4. The molecule has 1 amide bonds. The lowest BCUT2D eigenvalue weighted by Crippen LogP contribution is -2.44. The van der Waals surface area contributed by atoms with E-state index in [1.54, 1.807) is 6.20 Å². The van der Waals surface area contributed by atoms with Gasteiger partial charge in [0.2, 0.25) is 0 Å². The number of nitrogens with one attached hydrogen (secondary N) is 2. The number of primary amides is 1. The molecule has 2 fully saturated rings. The highest BCUT2D eigenvalue weighted by Gasteiger charge is 2.47. The van der Waals surface area contributed by atoms with Gasteiger partial charge in [-0.25, -0.2) is 14.8 Å². The summed E-state index contributed by atoms with van der Waals surface area (Å²) in [6.07, 6.45) is 5.66. The summed E-state index contributed by atoms with van der Waals surface area (Å²) in [6.45, 7) is 4.18. The number of nitrogens with two attached hydrogens (primary N) is 1. The van der Waals surface area contributed by atoms with Gasteiger partial charge in [-0.3, -0.25) is 0 Å². The summed E-state index contributed by atoms with van der Waals surface area (Å²) in [4.78, 5) is 28.8. The highest BCUT2D eigenvalue weighted by atomic mass is 35.5. The Hall–Kier alpha value is -3.30. The van der Waals surface area contributed by atoms with Gasteiger partial charge in [-0.15, -0.1) is 0 Å². The lowest BCUT2D eigenvalue weighted by atomic mass is 9.98. The van der Waals surface area contributed by atoms with Gasteiger partial charge in [0.1, 0.15) is 17.4 Å². The maximum absolute atomic E-state index is 11.5. The second-order valence-electron chi connectivity index (χ2n) is 9.62. The molecular formula is C25H28ClN7O2. The summed E-state index contributed by atoms with van der Waals surface area (Å²) in [5.74, 6) is 1.10. The molecular weight excluding hydrogens is 466 g/mol. The van der Waals surface area contributed by atoms with Gasteiger partial charge in [-0.05, 0) is 37.7 Å². The normalized spacial score (nSPS) is 25.9. The van der Waals surface area contributed by atoms with Crippen molar-refractivity contribution in [2.24, 2.45) is 17.6 Å². The van der Waals surface area contributed by atoms with E-state index in [1.165, 1.54) is 5.69 Å². The molecule has 4 atom stereocenters. The zero-order chi connectivity index (χ0) is 24.1. The van der Waals surface area contributed by atoms with E-state index in [1.807, 2.05) is 0 Å². The Morgan fingerprint density at radius 2 is 1.91 bits per heavy atom. The van der Waals surface area contributed by atoms with Crippen LogP contribution in [-0.2, 0) is 4.74 Å². The monoisotopic (exact) mass is 493 g/mol. The average molecular weight is 494 g/mol. The van der Waals surface area contributed by atoms with E-state index in [2.05, 4.69) is 68.5 Å². The van der Waals surface area contributed by atoms with Crippen LogP contribution in [0.5, 0.6) is 0 Å². The van der Waals surface area contributed by atoms with E-state index < -0.39 is 6.09 Å². The summed E-state index contributed by atoms with van der Waals surface area (Å²) in [6, 6.07) is 8.31. The summed E-state index contributed by atoms with van der Waals surface area (Å²) in [5, 5.41) is 4.00. The Morgan fingerprint density at radius 1 is 1.17 bits per heavy atom. The van der Waals surface area contributed by atoms with Gasteiger partial charge in [-0.2, -0.15) is 0 Å². The topological polar surface area (TPSA) is 112 Å². The number of amides is 1. The molecule has 35 heavy (non-hydrogen) atoms. The fourth-order valence-electron chi connectivity index (χ4n) is 5.53. The minimum absolute atomic E-state index is 0.129. The molecule has 1 saturated heterocycles. The number of ether oxygens (including phenoxy) is 1. The number of aromatic nitrogens is 3. The van der Waals surface area contributed by atoms with Crippen LogP contribution in [-0.4, -0.2) is 71.3 Å². The third kappa shape index (κ3) is 4.08. The SMILES string of the molecule is CN1CCN(c2ccc(-c3nc4ncc(Cl)c(N[C@H]5[C@@H](OC(N)=O)[C@@H]6C=C[C@H]5C6)c4[nH]3)cc2)CC1. The van der Waals surface area contributed by atoms with E-state index in [4.69, 9.17) is 27.1 Å². The molecule has 1 aromatic carbocycles. The first-order chi connectivity index (χ1) is 17.0. The fourth-order valence-corrected chi connectivity index (χ4v) is 5.73. The number of carbonyl (C=O) groups is 1. The van der Waals surface area contributed by atoms with Gasteiger partial charge in [-0.1, -0.05) is 23.8 Å². The maximum atomic E-state index is 11.5. The minimum atomic E-state index is -0.766. The third-order valence-electron chi connectivity index (χ3n) is 7.43. The number of anilines is 2. The van der Waals surface area contributed by atoms with Crippen molar-refractivity contribution < 1.29 is 9.53 Å². The van der Waals surface area contributed by atoms with Crippen LogP contribution in [0.2, 0.25) is 5.02 Å². The van der Waals surface area contributed by atoms with E-state index in [0.29, 0.717) is 16.4 Å². The van der Waals surface area contributed by atoms with Gasteiger partial charge in [0, 0.05) is 49.3 Å². The first-order valence-corrected chi connectivity index (χ1v) is 12.3. The molecule has 182 valence electrons. The van der Waals surface area contributed by atoms with Crippen molar-refractivity contribution in [2.75, 3.05) is 43.4 Å². The van der Waals surface area contributed by atoms with Crippen molar-refractivity contribution in [3.05, 3.63) is 47.6 Å². The van der Waals surface area contributed by atoms with Crippen LogP contribution < -0.4 is 16.0 Å². The zero-order valence-electron chi connectivity index (χ0n) is 19.4. The smallest absolute Gasteiger partial charge is 0.404 e. The largest absolute Gasteiger partial charge is 0.444 e. The predicted molar refractivity (Wildman–Crippen MR) is 137 cm³/mol. The molecule has 3 aromatic rings. The van der Waals surface area contributed by atoms with Crippen LogP contribution in [0.1, 0.15) is 6.42 Å². The summed E-state index contributed by atoms with van der Waals surface area (Å²) >= 11 is 6.58. The Balaban J connectivity index is 1.28. The molecule has 9 nitrogen and oxygen atoms in total. The molecule has 2 aromatic heterocycles. The van der Waals surface area contributed by atoms with Gasteiger partial charge < -0.3 is 30.6 Å². The minimum Gasteiger partial charge on any atom is -0.444 e. The number of carbonyl (C=O) groups excluding carboxylic acids is 1. The van der Waals surface area contributed by atoms with Gasteiger partial charge in [0.15, 0.2) is 5.65 Å². The highest BCUT2D eigenvalue weighted by molar-refractivity contribution is 6.34. The number of imidazole rings is 1. The van der Waals surface area contributed by atoms with Gasteiger partial charge in [0.05, 0.1) is 22.9 Å².